The lowest BCUT2D eigenvalue weighted by atomic mass is 10.0. The molecule has 0 radical (unpaired) electrons. The monoisotopic (exact) mass is 254 g/mol. The van der Waals surface area contributed by atoms with Gasteiger partial charge in [0.1, 0.15) is 5.01 Å². The lowest BCUT2D eigenvalue weighted by molar-refractivity contribution is 0.416. The largest absolute Gasteiger partial charge is 0.306 e. The highest BCUT2D eigenvalue weighted by Gasteiger charge is 2.13. The van der Waals surface area contributed by atoms with E-state index in [9.17, 15) is 0 Å². The van der Waals surface area contributed by atoms with E-state index < -0.39 is 0 Å². The van der Waals surface area contributed by atoms with E-state index in [1.807, 2.05) is 17.5 Å². The molecule has 0 aliphatic rings. The molecule has 0 aliphatic carbocycles. The first-order chi connectivity index (χ1) is 8.02. The molecule has 2 unspecified atom stereocenters. The average Bonchev–Trinajstić information content (AvgIpc) is 2.74. The molecule has 1 heterocycles. The fourth-order valence-corrected chi connectivity index (χ4v) is 2.72. The fourth-order valence-electron chi connectivity index (χ4n) is 1.85. The van der Waals surface area contributed by atoms with Crippen molar-refractivity contribution in [2.24, 2.45) is 5.92 Å². The molecule has 0 aromatic carbocycles. The van der Waals surface area contributed by atoms with Gasteiger partial charge >= 0.3 is 0 Å². The van der Waals surface area contributed by atoms with Gasteiger partial charge in [-0.05, 0) is 39.0 Å². The van der Waals surface area contributed by atoms with Gasteiger partial charge in [0.25, 0.3) is 0 Å². The SMILES string of the molecule is CCc1cnc(C(C)NC(C)CCC(C)C)s1. The highest BCUT2D eigenvalue weighted by molar-refractivity contribution is 7.11. The molecule has 1 N–H and O–H groups in total. The summed E-state index contributed by atoms with van der Waals surface area (Å²) in [4.78, 5) is 5.87. The van der Waals surface area contributed by atoms with E-state index in [4.69, 9.17) is 0 Å². The molecule has 0 saturated heterocycles. The quantitative estimate of drug-likeness (QED) is 0.789. The number of hydrogen-bond acceptors (Lipinski definition) is 3. The molecule has 0 fully saturated rings. The van der Waals surface area contributed by atoms with Crippen molar-refractivity contribution in [2.45, 2.75) is 66.0 Å². The number of thiazole rings is 1. The van der Waals surface area contributed by atoms with Gasteiger partial charge in [0.2, 0.25) is 0 Å². The standard InChI is InChI=1S/C14H26N2S/c1-6-13-9-15-14(17-13)12(5)16-11(4)8-7-10(2)3/h9-12,16H,6-8H2,1-5H3. The third-order valence-corrected chi connectivity index (χ3v) is 4.33. The lowest BCUT2D eigenvalue weighted by Gasteiger charge is -2.19. The van der Waals surface area contributed by atoms with Gasteiger partial charge in [0, 0.05) is 17.1 Å². The molecule has 0 spiro atoms. The maximum Gasteiger partial charge on any atom is 0.109 e. The van der Waals surface area contributed by atoms with Gasteiger partial charge in [0.15, 0.2) is 0 Å². The Balaban J connectivity index is 2.39. The summed E-state index contributed by atoms with van der Waals surface area (Å²) in [5, 5.41) is 4.86. The van der Waals surface area contributed by atoms with Crippen LogP contribution in [-0.4, -0.2) is 11.0 Å². The van der Waals surface area contributed by atoms with Gasteiger partial charge in [-0.15, -0.1) is 11.3 Å². The number of nitrogens with zero attached hydrogens (tertiary/aromatic N) is 1. The van der Waals surface area contributed by atoms with Crippen molar-refractivity contribution in [1.82, 2.24) is 10.3 Å². The van der Waals surface area contributed by atoms with Crippen LogP contribution in [0.25, 0.3) is 0 Å². The molecule has 98 valence electrons. The number of nitrogens with one attached hydrogen (secondary N) is 1. The van der Waals surface area contributed by atoms with Crippen molar-refractivity contribution in [1.29, 1.82) is 0 Å². The van der Waals surface area contributed by atoms with Crippen LogP contribution in [0.5, 0.6) is 0 Å². The molecule has 1 aromatic rings. The van der Waals surface area contributed by atoms with Crippen molar-refractivity contribution in [3.63, 3.8) is 0 Å². The highest BCUT2D eigenvalue weighted by Crippen LogP contribution is 2.21. The van der Waals surface area contributed by atoms with Crippen LogP contribution in [0, 0.1) is 5.92 Å². The van der Waals surface area contributed by atoms with Gasteiger partial charge in [-0.1, -0.05) is 20.8 Å². The van der Waals surface area contributed by atoms with Crippen molar-refractivity contribution in [2.75, 3.05) is 0 Å². The number of aryl methyl sites for hydroxylation is 1. The van der Waals surface area contributed by atoms with Crippen LogP contribution < -0.4 is 5.32 Å². The van der Waals surface area contributed by atoms with E-state index in [1.54, 1.807) is 0 Å². The molecule has 3 heteroatoms. The molecule has 0 aliphatic heterocycles. The molecular weight excluding hydrogens is 228 g/mol. The predicted octanol–water partition coefficient (Wildman–Crippen LogP) is 4.18. The van der Waals surface area contributed by atoms with Crippen molar-refractivity contribution < 1.29 is 0 Å². The van der Waals surface area contributed by atoms with E-state index >= 15 is 0 Å². The third kappa shape index (κ3) is 5.17. The van der Waals surface area contributed by atoms with Crippen LogP contribution in [-0.2, 0) is 6.42 Å². The van der Waals surface area contributed by atoms with Gasteiger partial charge in [0.05, 0.1) is 6.04 Å². The molecule has 2 nitrogen and oxygen atoms in total. The molecule has 1 aromatic heterocycles. The smallest absolute Gasteiger partial charge is 0.109 e. The van der Waals surface area contributed by atoms with E-state index in [0.29, 0.717) is 12.1 Å². The summed E-state index contributed by atoms with van der Waals surface area (Å²) in [6.07, 6.45) is 5.64. The Bertz CT molecular complexity index is 320. The third-order valence-electron chi connectivity index (χ3n) is 3.00. The zero-order chi connectivity index (χ0) is 12.8. The molecule has 1 rings (SSSR count). The van der Waals surface area contributed by atoms with Crippen molar-refractivity contribution in [3.8, 4) is 0 Å². The van der Waals surface area contributed by atoms with Gasteiger partial charge in [-0.25, -0.2) is 4.98 Å². The van der Waals surface area contributed by atoms with Gasteiger partial charge < -0.3 is 5.32 Å². The predicted molar refractivity (Wildman–Crippen MR) is 76.6 cm³/mol. The Kier molecular flexibility index (Phi) is 6.14. The molecule has 17 heavy (non-hydrogen) atoms. The Hall–Kier alpha value is -0.410. The summed E-state index contributed by atoms with van der Waals surface area (Å²) in [7, 11) is 0. The Morgan fingerprint density at radius 1 is 1.24 bits per heavy atom. The molecular formula is C14H26N2S. The zero-order valence-electron chi connectivity index (χ0n) is 11.8. The highest BCUT2D eigenvalue weighted by atomic mass is 32.1. The summed E-state index contributed by atoms with van der Waals surface area (Å²) in [6, 6.07) is 0.948. The second kappa shape index (κ2) is 7.12. The number of aromatic nitrogens is 1. The van der Waals surface area contributed by atoms with Gasteiger partial charge in [-0.2, -0.15) is 0 Å². The summed E-state index contributed by atoms with van der Waals surface area (Å²) in [5.74, 6) is 0.793. The van der Waals surface area contributed by atoms with Gasteiger partial charge in [-0.3, -0.25) is 0 Å². The van der Waals surface area contributed by atoms with Crippen LogP contribution in [0.15, 0.2) is 6.20 Å². The van der Waals surface area contributed by atoms with E-state index in [-0.39, 0.29) is 0 Å². The van der Waals surface area contributed by atoms with Crippen LogP contribution in [0.4, 0.5) is 0 Å². The van der Waals surface area contributed by atoms with E-state index in [1.165, 1.54) is 22.7 Å². The van der Waals surface area contributed by atoms with Crippen LogP contribution >= 0.6 is 11.3 Å². The second-order valence-corrected chi connectivity index (χ2v) is 6.43. The molecule has 2 atom stereocenters. The Morgan fingerprint density at radius 2 is 1.94 bits per heavy atom. The normalized spacial score (nSPS) is 15.2. The number of hydrogen-bond donors (Lipinski definition) is 1. The fraction of sp³-hybridized carbons (Fsp3) is 0.786. The first-order valence-electron chi connectivity index (χ1n) is 6.73. The minimum atomic E-state index is 0.377. The van der Waals surface area contributed by atoms with Crippen molar-refractivity contribution >= 4 is 11.3 Å². The summed E-state index contributed by atoms with van der Waals surface area (Å²) in [5.41, 5.74) is 0. The minimum absolute atomic E-state index is 0.377. The Labute approximate surface area is 110 Å². The Morgan fingerprint density at radius 3 is 2.47 bits per heavy atom. The molecule has 0 bridgehead atoms. The van der Waals surface area contributed by atoms with E-state index in [2.05, 4.69) is 44.9 Å². The van der Waals surface area contributed by atoms with Crippen LogP contribution in [0.1, 0.15) is 63.4 Å². The summed E-state index contributed by atoms with van der Waals surface area (Å²) in [6.45, 7) is 11.2. The zero-order valence-corrected chi connectivity index (χ0v) is 12.6. The van der Waals surface area contributed by atoms with Crippen LogP contribution in [0.2, 0.25) is 0 Å². The maximum absolute atomic E-state index is 4.49. The first kappa shape index (κ1) is 14.7. The first-order valence-corrected chi connectivity index (χ1v) is 7.55. The second-order valence-electron chi connectivity index (χ2n) is 5.28. The average molecular weight is 254 g/mol. The van der Waals surface area contributed by atoms with Crippen molar-refractivity contribution in [3.05, 3.63) is 16.1 Å². The number of rotatable bonds is 7. The molecule has 0 saturated carbocycles. The molecule has 0 amide bonds. The summed E-state index contributed by atoms with van der Waals surface area (Å²) >= 11 is 1.83. The topological polar surface area (TPSA) is 24.9 Å². The van der Waals surface area contributed by atoms with Crippen LogP contribution in [0.3, 0.4) is 0 Å². The minimum Gasteiger partial charge on any atom is -0.306 e. The summed E-state index contributed by atoms with van der Waals surface area (Å²) < 4.78 is 0. The van der Waals surface area contributed by atoms with E-state index in [0.717, 1.165) is 12.3 Å². The lowest BCUT2D eigenvalue weighted by Crippen LogP contribution is -2.29. The maximum atomic E-state index is 4.49.